The van der Waals surface area contributed by atoms with Gasteiger partial charge < -0.3 is 14.7 Å². The number of thiophene rings is 1. The van der Waals surface area contributed by atoms with Crippen LogP contribution in [0.15, 0.2) is 36.7 Å². The molecule has 5 heterocycles. The van der Waals surface area contributed by atoms with Crippen molar-refractivity contribution in [3.63, 3.8) is 0 Å². The standard InChI is InChI=1S/C20H18N6O3S/c1-12-10-15(19(27)28)24-26(12)20-22-14-11-16(13-2-4-21-5-3-13)30-17(14)18(23-20)25-6-8-29-9-7-25/h2-5,10-11H,6-9H2,1H3,(H,27,28). The van der Waals surface area contributed by atoms with Crippen LogP contribution in [-0.2, 0) is 4.74 Å². The minimum atomic E-state index is -1.08. The van der Waals surface area contributed by atoms with Crippen LogP contribution in [0, 0.1) is 6.92 Å². The second-order valence-electron chi connectivity index (χ2n) is 6.90. The van der Waals surface area contributed by atoms with E-state index in [1.807, 2.05) is 18.2 Å². The fourth-order valence-corrected chi connectivity index (χ4v) is 4.55. The van der Waals surface area contributed by atoms with Crippen molar-refractivity contribution in [3.8, 4) is 16.4 Å². The number of carbonyl (C=O) groups is 1. The first-order chi connectivity index (χ1) is 14.6. The van der Waals surface area contributed by atoms with Gasteiger partial charge in [-0.3, -0.25) is 4.98 Å². The summed E-state index contributed by atoms with van der Waals surface area (Å²) in [5, 5.41) is 13.5. The fourth-order valence-electron chi connectivity index (χ4n) is 3.43. The molecule has 0 amide bonds. The summed E-state index contributed by atoms with van der Waals surface area (Å²) < 4.78 is 7.96. The number of hydrogen-bond donors (Lipinski definition) is 1. The molecule has 0 spiro atoms. The summed E-state index contributed by atoms with van der Waals surface area (Å²) in [4.78, 5) is 28.2. The Morgan fingerprint density at radius 3 is 2.63 bits per heavy atom. The van der Waals surface area contributed by atoms with Crippen molar-refractivity contribution in [3.05, 3.63) is 48.0 Å². The Morgan fingerprint density at radius 1 is 1.17 bits per heavy atom. The number of ether oxygens (including phenoxy) is 1. The highest BCUT2D eigenvalue weighted by Gasteiger charge is 2.22. The van der Waals surface area contributed by atoms with Crippen LogP contribution >= 0.6 is 11.3 Å². The number of carboxylic acids is 1. The molecule has 152 valence electrons. The maximum absolute atomic E-state index is 11.3. The van der Waals surface area contributed by atoms with E-state index >= 15 is 0 Å². The Morgan fingerprint density at radius 2 is 1.93 bits per heavy atom. The van der Waals surface area contributed by atoms with Gasteiger partial charge in [-0.1, -0.05) is 0 Å². The monoisotopic (exact) mass is 422 g/mol. The fraction of sp³-hybridized carbons (Fsp3) is 0.250. The first kappa shape index (κ1) is 18.6. The number of pyridine rings is 1. The lowest BCUT2D eigenvalue weighted by Gasteiger charge is -2.28. The zero-order chi connectivity index (χ0) is 20.7. The molecule has 0 unspecified atom stereocenters. The molecule has 4 aromatic heterocycles. The average Bonchev–Trinajstić information content (AvgIpc) is 3.38. The van der Waals surface area contributed by atoms with Crippen molar-refractivity contribution in [1.29, 1.82) is 0 Å². The molecule has 4 aromatic rings. The van der Waals surface area contributed by atoms with Gasteiger partial charge in [0.2, 0.25) is 0 Å². The Labute approximate surface area is 175 Å². The smallest absolute Gasteiger partial charge is 0.356 e. The number of nitrogens with zero attached hydrogens (tertiary/aromatic N) is 6. The number of fused-ring (bicyclic) bond motifs is 1. The third kappa shape index (κ3) is 3.29. The summed E-state index contributed by atoms with van der Waals surface area (Å²) in [6.45, 7) is 4.51. The van der Waals surface area contributed by atoms with Crippen LogP contribution < -0.4 is 4.90 Å². The van der Waals surface area contributed by atoms with Crippen molar-refractivity contribution < 1.29 is 14.6 Å². The highest BCUT2D eigenvalue weighted by atomic mass is 32.1. The number of morpholine rings is 1. The molecule has 1 fully saturated rings. The van der Waals surface area contributed by atoms with E-state index in [4.69, 9.17) is 14.7 Å². The second kappa shape index (κ2) is 7.47. The molecular weight excluding hydrogens is 404 g/mol. The van der Waals surface area contributed by atoms with E-state index in [0.29, 0.717) is 24.9 Å². The zero-order valence-electron chi connectivity index (χ0n) is 16.1. The molecule has 0 aliphatic carbocycles. The van der Waals surface area contributed by atoms with Gasteiger partial charge in [-0.2, -0.15) is 10.1 Å². The Hall–Kier alpha value is -3.37. The van der Waals surface area contributed by atoms with Gasteiger partial charge in [0.1, 0.15) is 0 Å². The van der Waals surface area contributed by atoms with Crippen LogP contribution in [0.4, 0.5) is 5.82 Å². The van der Waals surface area contributed by atoms with Crippen molar-refractivity contribution in [2.24, 2.45) is 0 Å². The SMILES string of the molecule is Cc1cc(C(=O)O)nn1-c1nc(N2CCOCC2)c2sc(-c3ccncc3)cc2n1. The van der Waals surface area contributed by atoms with Crippen molar-refractivity contribution in [2.45, 2.75) is 6.92 Å². The maximum atomic E-state index is 11.3. The van der Waals surface area contributed by atoms with Gasteiger partial charge in [-0.25, -0.2) is 14.5 Å². The summed E-state index contributed by atoms with van der Waals surface area (Å²) in [5.74, 6) is 0.0882. The summed E-state index contributed by atoms with van der Waals surface area (Å²) in [6, 6.07) is 7.47. The third-order valence-electron chi connectivity index (χ3n) is 4.91. The second-order valence-corrected chi connectivity index (χ2v) is 7.95. The number of hydrogen-bond acceptors (Lipinski definition) is 8. The molecule has 1 aliphatic rings. The van der Waals surface area contributed by atoms with Crippen molar-refractivity contribution in [2.75, 3.05) is 31.2 Å². The van der Waals surface area contributed by atoms with E-state index in [2.05, 4.69) is 15.0 Å². The molecule has 9 nitrogen and oxygen atoms in total. The minimum Gasteiger partial charge on any atom is -0.476 e. The molecule has 1 saturated heterocycles. The molecule has 0 bridgehead atoms. The molecule has 0 radical (unpaired) electrons. The number of aryl methyl sites for hydroxylation is 1. The predicted octanol–water partition coefficient (Wildman–Crippen LogP) is 2.78. The number of anilines is 1. The van der Waals surface area contributed by atoms with Gasteiger partial charge in [0.05, 0.1) is 23.4 Å². The number of carboxylic acid groups (broad SMARTS) is 1. The summed E-state index contributed by atoms with van der Waals surface area (Å²) in [6.07, 6.45) is 3.53. The number of aromatic nitrogens is 5. The van der Waals surface area contributed by atoms with Crippen molar-refractivity contribution in [1.82, 2.24) is 24.7 Å². The first-order valence-corrected chi connectivity index (χ1v) is 10.3. The minimum absolute atomic E-state index is 0.0353. The van der Waals surface area contributed by atoms with E-state index in [9.17, 15) is 9.90 Å². The highest BCUT2D eigenvalue weighted by Crippen LogP contribution is 2.37. The average molecular weight is 422 g/mol. The van der Waals surface area contributed by atoms with E-state index < -0.39 is 5.97 Å². The van der Waals surface area contributed by atoms with Gasteiger partial charge in [0.15, 0.2) is 11.5 Å². The van der Waals surface area contributed by atoms with E-state index in [-0.39, 0.29) is 5.69 Å². The quantitative estimate of drug-likeness (QED) is 0.535. The maximum Gasteiger partial charge on any atom is 0.356 e. The third-order valence-corrected chi connectivity index (χ3v) is 6.08. The topological polar surface area (TPSA) is 106 Å². The molecule has 5 rings (SSSR count). The van der Waals surface area contributed by atoms with Crippen LogP contribution in [0.5, 0.6) is 0 Å². The Bertz CT molecular complexity index is 1230. The van der Waals surface area contributed by atoms with Crippen molar-refractivity contribution >= 4 is 33.3 Å². The molecule has 1 aliphatic heterocycles. The summed E-state index contributed by atoms with van der Waals surface area (Å²) in [7, 11) is 0. The van der Waals surface area contributed by atoms with Gasteiger partial charge >= 0.3 is 5.97 Å². The summed E-state index contributed by atoms with van der Waals surface area (Å²) in [5.41, 5.74) is 2.48. The van der Waals surface area contributed by atoms with Crippen LogP contribution in [-0.4, -0.2) is 62.1 Å². The van der Waals surface area contributed by atoms with Gasteiger partial charge in [0.25, 0.3) is 5.95 Å². The van der Waals surface area contributed by atoms with Gasteiger partial charge in [-0.15, -0.1) is 11.3 Å². The summed E-state index contributed by atoms with van der Waals surface area (Å²) >= 11 is 1.63. The van der Waals surface area contributed by atoms with Crippen LogP contribution in [0.3, 0.4) is 0 Å². The van der Waals surface area contributed by atoms with Crippen LogP contribution in [0.2, 0.25) is 0 Å². The van der Waals surface area contributed by atoms with E-state index in [0.717, 1.165) is 39.6 Å². The predicted molar refractivity (Wildman–Crippen MR) is 112 cm³/mol. The van der Waals surface area contributed by atoms with Crippen LogP contribution in [0.25, 0.3) is 26.6 Å². The molecule has 0 saturated carbocycles. The molecule has 0 atom stereocenters. The lowest BCUT2D eigenvalue weighted by atomic mass is 10.2. The zero-order valence-corrected chi connectivity index (χ0v) is 17.0. The molecular formula is C20H18N6O3S. The highest BCUT2D eigenvalue weighted by molar-refractivity contribution is 7.22. The number of aromatic carboxylic acids is 1. The largest absolute Gasteiger partial charge is 0.476 e. The normalized spacial score (nSPS) is 14.4. The van der Waals surface area contributed by atoms with Crippen LogP contribution in [0.1, 0.15) is 16.2 Å². The molecule has 10 heteroatoms. The Kier molecular flexibility index (Phi) is 4.64. The molecule has 0 aromatic carbocycles. The Balaban J connectivity index is 1.69. The van der Waals surface area contributed by atoms with E-state index in [1.165, 1.54) is 10.7 Å². The first-order valence-electron chi connectivity index (χ1n) is 9.45. The number of rotatable bonds is 4. The molecule has 30 heavy (non-hydrogen) atoms. The lowest BCUT2D eigenvalue weighted by Crippen LogP contribution is -2.37. The lowest BCUT2D eigenvalue weighted by molar-refractivity contribution is 0.0690. The van der Waals surface area contributed by atoms with Gasteiger partial charge in [-0.05, 0) is 36.8 Å². The molecule has 1 N–H and O–H groups in total. The van der Waals surface area contributed by atoms with Gasteiger partial charge in [0, 0.05) is 36.1 Å². The van der Waals surface area contributed by atoms with E-state index in [1.54, 1.807) is 30.7 Å².